The van der Waals surface area contributed by atoms with Gasteiger partial charge in [0.2, 0.25) is 0 Å². The topological polar surface area (TPSA) is 49.9 Å². The van der Waals surface area contributed by atoms with Gasteiger partial charge in [-0.05, 0) is 42.5 Å². The van der Waals surface area contributed by atoms with E-state index in [4.69, 9.17) is 4.74 Å². The fourth-order valence-electron chi connectivity index (χ4n) is 4.45. The predicted molar refractivity (Wildman–Crippen MR) is 122 cm³/mol. The summed E-state index contributed by atoms with van der Waals surface area (Å²) in [6, 6.07) is 17.0. The normalized spacial score (nSPS) is 19.3. The third-order valence-corrected chi connectivity index (χ3v) is 7.42. The molecule has 0 aliphatic carbocycles. The van der Waals surface area contributed by atoms with Crippen LogP contribution in [-0.4, -0.2) is 36.1 Å². The van der Waals surface area contributed by atoms with Crippen LogP contribution in [0.5, 0.6) is 5.75 Å². The van der Waals surface area contributed by atoms with Crippen LogP contribution in [0, 0.1) is 11.6 Å². The maximum absolute atomic E-state index is 14.4. The maximum Gasteiger partial charge on any atom is 0.268 e. The third-order valence-electron chi connectivity index (χ3n) is 6.00. The molecule has 168 valence electrons. The van der Waals surface area contributed by atoms with Gasteiger partial charge in [0.15, 0.2) is 4.87 Å². The van der Waals surface area contributed by atoms with Crippen LogP contribution < -0.4 is 9.64 Å². The van der Waals surface area contributed by atoms with Crippen molar-refractivity contribution in [2.45, 2.75) is 11.4 Å². The minimum absolute atomic E-state index is 0.0230. The molecule has 3 aromatic carbocycles. The van der Waals surface area contributed by atoms with E-state index in [1.165, 1.54) is 59.0 Å². The number of anilines is 1. The zero-order valence-corrected chi connectivity index (χ0v) is 18.6. The number of nitrogens with zero attached hydrogens (tertiary/aromatic N) is 2. The number of ether oxygens (including phenoxy) is 1. The smallest absolute Gasteiger partial charge is 0.268 e. The molecule has 1 saturated heterocycles. The average molecular weight is 467 g/mol. The quantitative estimate of drug-likeness (QED) is 0.566. The van der Waals surface area contributed by atoms with Gasteiger partial charge < -0.3 is 14.5 Å². The molecule has 2 heterocycles. The molecule has 1 fully saturated rings. The van der Waals surface area contributed by atoms with E-state index in [1.807, 2.05) is 0 Å². The van der Waals surface area contributed by atoms with Gasteiger partial charge in [-0.1, -0.05) is 24.3 Å². The predicted octanol–water partition coefficient (Wildman–Crippen LogP) is 4.56. The van der Waals surface area contributed by atoms with Crippen molar-refractivity contribution < 1.29 is 23.1 Å². The number of rotatable bonds is 4. The van der Waals surface area contributed by atoms with Gasteiger partial charge in [-0.2, -0.15) is 0 Å². The Morgan fingerprint density at radius 3 is 2.67 bits per heavy atom. The Morgan fingerprint density at radius 2 is 1.91 bits per heavy atom. The molecule has 0 unspecified atom stereocenters. The lowest BCUT2D eigenvalue weighted by Gasteiger charge is -2.33. The fraction of sp³-hybridized carbons (Fsp3) is 0.200. The number of halogens is 2. The molecule has 1 spiro atoms. The number of amides is 2. The number of hydrogen-bond donors (Lipinski definition) is 0. The molecule has 0 bridgehead atoms. The van der Waals surface area contributed by atoms with E-state index in [0.717, 1.165) is 0 Å². The summed E-state index contributed by atoms with van der Waals surface area (Å²) in [5.41, 5.74) is 1.74. The standard InChI is InChI=1S/C25H20F2N2O3S/c1-32-19-9-10-22-20(14-19)25(24(31)28(22)15-17-5-2-3-8-21(17)27)29(11-12-33-25)23(30)16-6-4-7-18(26)13-16/h2-10,13-14H,11-12,15H2,1H3/t25-/m0/s1. The second kappa shape index (κ2) is 8.19. The summed E-state index contributed by atoms with van der Waals surface area (Å²) in [7, 11) is 1.53. The second-order valence-electron chi connectivity index (χ2n) is 7.83. The van der Waals surface area contributed by atoms with Crippen LogP contribution in [0.15, 0.2) is 66.7 Å². The molecule has 0 N–H and O–H groups in total. The van der Waals surface area contributed by atoms with Crippen molar-refractivity contribution in [3.63, 3.8) is 0 Å². The Labute approximate surface area is 193 Å². The van der Waals surface area contributed by atoms with Crippen LogP contribution in [0.25, 0.3) is 0 Å². The molecule has 0 radical (unpaired) electrons. The number of hydrogen-bond acceptors (Lipinski definition) is 4. The average Bonchev–Trinajstić information content (AvgIpc) is 3.36. The lowest BCUT2D eigenvalue weighted by Crippen LogP contribution is -2.50. The van der Waals surface area contributed by atoms with E-state index in [2.05, 4.69) is 0 Å². The van der Waals surface area contributed by atoms with Gasteiger partial charge in [-0.15, -0.1) is 11.8 Å². The van der Waals surface area contributed by atoms with Gasteiger partial charge in [0.1, 0.15) is 17.4 Å². The molecule has 8 heteroatoms. The lowest BCUT2D eigenvalue weighted by atomic mass is 10.0. The first-order chi connectivity index (χ1) is 16.0. The summed E-state index contributed by atoms with van der Waals surface area (Å²) >= 11 is 1.35. The Balaban J connectivity index is 1.63. The van der Waals surface area contributed by atoms with Gasteiger partial charge in [-0.25, -0.2) is 8.78 Å². The summed E-state index contributed by atoms with van der Waals surface area (Å²) in [5.74, 6) is -0.637. The molecule has 2 aliphatic heterocycles. The molecular weight excluding hydrogens is 446 g/mol. The molecule has 2 amide bonds. The highest BCUT2D eigenvalue weighted by Gasteiger charge is 2.59. The SMILES string of the molecule is COc1ccc2c(c1)[C@]1(SCCN1C(=O)c1cccc(F)c1)C(=O)N2Cc1ccccc1F. The van der Waals surface area contributed by atoms with Crippen molar-refractivity contribution in [2.24, 2.45) is 0 Å². The van der Waals surface area contributed by atoms with E-state index in [9.17, 15) is 18.4 Å². The summed E-state index contributed by atoms with van der Waals surface area (Å²) in [5, 5.41) is 0. The Kier molecular flexibility index (Phi) is 5.32. The van der Waals surface area contributed by atoms with E-state index >= 15 is 0 Å². The van der Waals surface area contributed by atoms with Gasteiger partial charge in [-0.3, -0.25) is 9.59 Å². The molecule has 3 aromatic rings. The van der Waals surface area contributed by atoms with Crippen molar-refractivity contribution >= 4 is 29.3 Å². The second-order valence-corrected chi connectivity index (χ2v) is 9.11. The minimum Gasteiger partial charge on any atom is -0.497 e. The lowest BCUT2D eigenvalue weighted by molar-refractivity contribution is -0.123. The number of carbonyl (C=O) groups is 2. The zero-order chi connectivity index (χ0) is 23.2. The molecule has 33 heavy (non-hydrogen) atoms. The fourth-order valence-corrected chi connectivity index (χ4v) is 5.90. The van der Waals surface area contributed by atoms with Gasteiger partial charge in [0.25, 0.3) is 11.8 Å². The van der Waals surface area contributed by atoms with Crippen LogP contribution >= 0.6 is 11.8 Å². The van der Waals surface area contributed by atoms with Crippen LogP contribution in [-0.2, 0) is 16.2 Å². The summed E-state index contributed by atoms with van der Waals surface area (Å²) < 4.78 is 33.7. The summed E-state index contributed by atoms with van der Waals surface area (Å²) in [6.45, 7) is 0.338. The van der Waals surface area contributed by atoms with Gasteiger partial charge in [0, 0.05) is 29.0 Å². The molecular formula is C25H20F2N2O3S. The first-order valence-electron chi connectivity index (χ1n) is 10.4. The number of methoxy groups -OCH3 is 1. The van der Waals surface area contributed by atoms with Crippen LogP contribution in [0.1, 0.15) is 21.5 Å². The molecule has 5 nitrogen and oxygen atoms in total. The van der Waals surface area contributed by atoms with Crippen molar-refractivity contribution in [1.29, 1.82) is 0 Å². The van der Waals surface area contributed by atoms with Crippen LogP contribution in [0.3, 0.4) is 0 Å². The first kappa shape index (κ1) is 21.5. The molecule has 0 saturated carbocycles. The molecule has 1 atom stereocenters. The molecule has 5 rings (SSSR count). The van der Waals surface area contributed by atoms with Crippen LogP contribution in [0.4, 0.5) is 14.5 Å². The Bertz CT molecular complexity index is 1270. The van der Waals surface area contributed by atoms with E-state index in [1.54, 1.807) is 36.4 Å². The van der Waals surface area contributed by atoms with E-state index < -0.39 is 22.4 Å². The molecule has 0 aromatic heterocycles. The summed E-state index contributed by atoms with van der Waals surface area (Å²) in [4.78, 5) is 29.1. The number of benzene rings is 3. The number of carbonyl (C=O) groups excluding carboxylic acids is 2. The largest absolute Gasteiger partial charge is 0.497 e. The van der Waals surface area contributed by atoms with Crippen molar-refractivity contribution in [1.82, 2.24) is 4.90 Å². The Hall–Kier alpha value is -3.39. The summed E-state index contributed by atoms with van der Waals surface area (Å²) in [6.07, 6.45) is 0. The van der Waals surface area contributed by atoms with Crippen molar-refractivity contribution in [3.8, 4) is 5.75 Å². The first-order valence-corrected chi connectivity index (χ1v) is 11.4. The van der Waals surface area contributed by atoms with E-state index in [0.29, 0.717) is 34.9 Å². The van der Waals surface area contributed by atoms with Crippen molar-refractivity contribution in [3.05, 3.63) is 95.1 Å². The molecule has 2 aliphatic rings. The highest BCUT2D eigenvalue weighted by molar-refractivity contribution is 8.01. The number of fused-ring (bicyclic) bond motifs is 2. The maximum atomic E-state index is 14.4. The monoisotopic (exact) mass is 466 g/mol. The zero-order valence-electron chi connectivity index (χ0n) is 17.8. The van der Waals surface area contributed by atoms with Gasteiger partial charge in [0.05, 0.1) is 19.3 Å². The van der Waals surface area contributed by atoms with Crippen molar-refractivity contribution in [2.75, 3.05) is 24.3 Å². The third kappa shape index (κ3) is 3.36. The minimum atomic E-state index is -1.33. The van der Waals surface area contributed by atoms with Gasteiger partial charge >= 0.3 is 0 Å². The van der Waals surface area contributed by atoms with E-state index in [-0.39, 0.29) is 18.0 Å². The highest BCUT2D eigenvalue weighted by atomic mass is 32.2. The Morgan fingerprint density at radius 1 is 1.09 bits per heavy atom. The highest BCUT2D eigenvalue weighted by Crippen LogP contribution is 2.55. The number of thioether (sulfide) groups is 1. The van der Waals surface area contributed by atoms with Crippen LogP contribution in [0.2, 0.25) is 0 Å².